The van der Waals surface area contributed by atoms with Gasteiger partial charge in [0, 0.05) is 4.48 Å². The molecule has 2 N–H and O–H groups in total. The van der Waals surface area contributed by atoms with Crippen molar-refractivity contribution >= 4 is 51.5 Å². The fraction of sp³-hybridized carbons (Fsp3) is 0. The van der Waals surface area contributed by atoms with Crippen molar-refractivity contribution in [2.75, 3.05) is 5.43 Å². The number of nitrogens with one attached hydrogen (secondary N) is 1. The van der Waals surface area contributed by atoms with Crippen LogP contribution in [0.3, 0.4) is 0 Å². The summed E-state index contributed by atoms with van der Waals surface area (Å²) in [5, 5.41) is 13.2. The summed E-state index contributed by atoms with van der Waals surface area (Å²) in [5.74, 6) is -1.08. The third kappa shape index (κ3) is 4.72. The maximum atomic E-state index is 11.0. The van der Waals surface area contributed by atoms with Crippen LogP contribution < -0.4 is 5.43 Å². The van der Waals surface area contributed by atoms with E-state index in [1.807, 2.05) is 36.4 Å². The van der Waals surface area contributed by atoms with Crippen molar-refractivity contribution in [1.82, 2.24) is 0 Å². The average Bonchev–Trinajstić information content (AvgIpc) is 2.49. The average molecular weight is 380 g/mol. The first-order valence-corrected chi connectivity index (χ1v) is 7.47. The summed E-state index contributed by atoms with van der Waals surface area (Å²) < 4.78 is 0.777. The molecule has 0 aliphatic heterocycles. The van der Waals surface area contributed by atoms with Gasteiger partial charge in [-0.25, -0.2) is 4.79 Å². The van der Waals surface area contributed by atoms with Gasteiger partial charge in [0.25, 0.3) is 0 Å². The summed E-state index contributed by atoms with van der Waals surface area (Å²) in [7, 11) is 0. The second-order valence-corrected chi connectivity index (χ2v) is 5.63. The Morgan fingerprint density at radius 2 is 1.95 bits per heavy atom. The molecule has 2 aromatic rings. The highest BCUT2D eigenvalue weighted by Gasteiger charge is 2.08. The predicted octanol–water partition coefficient (Wildman–Crippen LogP) is 4.87. The van der Waals surface area contributed by atoms with Crippen molar-refractivity contribution in [1.29, 1.82) is 0 Å². The van der Waals surface area contributed by atoms with E-state index in [0.717, 1.165) is 10.0 Å². The molecule has 0 aliphatic carbocycles. The molecular weight excluding hydrogens is 368 g/mol. The molecule has 0 atom stereocenters. The van der Waals surface area contributed by atoms with Gasteiger partial charge in [-0.2, -0.15) is 5.10 Å². The van der Waals surface area contributed by atoms with Crippen molar-refractivity contribution in [2.24, 2.45) is 5.10 Å². The van der Waals surface area contributed by atoms with Crippen LogP contribution in [0.1, 0.15) is 15.9 Å². The van der Waals surface area contributed by atoms with Gasteiger partial charge < -0.3 is 5.11 Å². The Balaban J connectivity index is 2.05. The van der Waals surface area contributed by atoms with E-state index in [0.29, 0.717) is 5.69 Å². The molecule has 6 heteroatoms. The van der Waals surface area contributed by atoms with Crippen LogP contribution in [0.2, 0.25) is 5.02 Å². The first-order valence-electron chi connectivity index (χ1n) is 6.30. The number of hydrazone groups is 1. The second-order valence-electron chi connectivity index (χ2n) is 4.31. The number of rotatable bonds is 5. The van der Waals surface area contributed by atoms with Crippen LogP contribution in [0.4, 0.5) is 5.69 Å². The first kappa shape index (κ1) is 16.3. The van der Waals surface area contributed by atoms with E-state index in [1.54, 1.807) is 12.3 Å². The van der Waals surface area contributed by atoms with Crippen LogP contribution in [0.15, 0.2) is 58.1 Å². The largest absolute Gasteiger partial charge is 0.478 e. The molecule has 2 rings (SSSR count). The smallest absolute Gasteiger partial charge is 0.337 e. The van der Waals surface area contributed by atoms with E-state index in [4.69, 9.17) is 16.7 Å². The second kappa shape index (κ2) is 7.77. The number of aromatic carboxylic acids is 1. The van der Waals surface area contributed by atoms with Gasteiger partial charge in [-0.1, -0.05) is 41.9 Å². The van der Waals surface area contributed by atoms with Crippen molar-refractivity contribution < 1.29 is 9.90 Å². The van der Waals surface area contributed by atoms with Crippen molar-refractivity contribution in [2.45, 2.75) is 0 Å². The van der Waals surface area contributed by atoms with Gasteiger partial charge in [0.15, 0.2) is 0 Å². The maximum Gasteiger partial charge on any atom is 0.337 e. The molecule has 0 unspecified atom stereocenters. The molecule has 0 saturated heterocycles. The lowest BCUT2D eigenvalue weighted by atomic mass is 10.2. The lowest BCUT2D eigenvalue weighted by Gasteiger charge is -2.03. The lowest BCUT2D eigenvalue weighted by molar-refractivity contribution is 0.0697. The fourth-order valence-corrected chi connectivity index (χ4v) is 2.24. The fourth-order valence-electron chi connectivity index (χ4n) is 1.67. The lowest BCUT2D eigenvalue weighted by Crippen LogP contribution is -1.99. The van der Waals surface area contributed by atoms with Crippen LogP contribution in [-0.4, -0.2) is 17.3 Å². The Kier molecular flexibility index (Phi) is 5.75. The zero-order chi connectivity index (χ0) is 15.9. The summed E-state index contributed by atoms with van der Waals surface area (Å²) in [6.07, 6.45) is 3.50. The van der Waals surface area contributed by atoms with Gasteiger partial charge in [0.05, 0.1) is 22.5 Å². The minimum atomic E-state index is -1.08. The topological polar surface area (TPSA) is 61.7 Å². The van der Waals surface area contributed by atoms with Gasteiger partial charge in [0.1, 0.15) is 0 Å². The van der Waals surface area contributed by atoms with Crippen molar-refractivity contribution in [3.8, 4) is 0 Å². The van der Waals surface area contributed by atoms with Crippen molar-refractivity contribution in [3.05, 3.63) is 69.2 Å². The number of carboxylic acids is 1. The van der Waals surface area contributed by atoms with Gasteiger partial charge >= 0.3 is 5.97 Å². The molecule has 0 radical (unpaired) electrons. The van der Waals surface area contributed by atoms with Gasteiger partial charge in [-0.05, 0) is 45.8 Å². The highest BCUT2D eigenvalue weighted by atomic mass is 79.9. The molecular formula is C16H12BrClN2O2. The zero-order valence-corrected chi connectivity index (χ0v) is 13.7. The van der Waals surface area contributed by atoms with Gasteiger partial charge in [-0.15, -0.1) is 0 Å². The Labute approximate surface area is 141 Å². The zero-order valence-electron chi connectivity index (χ0n) is 11.3. The molecule has 0 fully saturated rings. The molecule has 0 aromatic heterocycles. The van der Waals surface area contributed by atoms with E-state index < -0.39 is 5.97 Å². The van der Waals surface area contributed by atoms with E-state index in [1.165, 1.54) is 12.1 Å². The molecule has 2 aromatic carbocycles. The SMILES string of the molecule is O=C(O)c1cc(N/N=C\C(Br)=C\c2ccccc2)ccc1Cl. The summed E-state index contributed by atoms with van der Waals surface area (Å²) in [6, 6.07) is 14.4. The molecule has 0 saturated carbocycles. The van der Waals surface area contributed by atoms with E-state index >= 15 is 0 Å². The number of nitrogens with zero attached hydrogens (tertiary/aromatic N) is 1. The summed E-state index contributed by atoms with van der Waals surface area (Å²) in [4.78, 5) is 11.0. The highest BCUT2D eigenvalue weighted by molar-refractivity contribution is 9.12. The Hall–Kier alpha value is -2.11. The van der Waals surface area contributed by atoms with Crippen molar-refractivity contribution in [3.63, 3.8) is 0 Å². The number of carboxylic acid groups (broad SMARTS) is 1. The normalized spacial score (nSPS) is 11.6. The van der Waals surface area contributed by atoms with Gasteiger partial charge in [0.2, 0.25) is 0 Å². The quantitative estimate of drug-likeness (QED) is 0.575. The Bertz CT molecular complexity index is 730. The molecule has 0 aliphatic rings. The first-order chi connectivity index (χ1) is 10.6. The monoisotopic (exact) mass is 378 g/mol. The molecule has 0 bridgehead atoms. The molecule has 0 heterocycles. The number of carbonyl (C=O) groups is 1. The molecule has 0 amide bonds. The van der Waals surface area contributed by atoms with Crippen LogP contribution in [-0.2, 0) is 0 Å². The third-order valence-corrected chi connectivity index (χ3v) is 3.45. The molecule has 112 valence electrons. The van der Waals surface area contributed by atoms with Crippen LogP contribution >= 0.6 is 27.5 Å². The highest BCUT2D eigenvalue weighted by Crippen LogP contribution is 2.20. The van der Waals surface area contributed by atoms with Crippen LogP contribution in [0.25, 0.3) is 6.08 Å². The molecule has 0 spiro atoms. The number of benzene rings is 2. The number of anilines is 1. The standard InChI is InChI=1S/C16H12BrClN2O2/c17-12(8-11-4-2-1-3-5-11)10-19-20-13-6-7-15(18)14(9-13)16(21)22/h1-10,20H,(H,21,22)/b12-8-,19-10-. The van der Waals surface area contributed by atoms with Gasteiger partial charge in [-0.3, -0.25) is 5.43 Å². The van der Waals surface area contributed by atoms with E-state index in [9.17, 15) is 4.79 Å². The third-order valence-electron chi connectivity index (χ3n) is 2.68. The van der Waals surface area contributed by atoms with E-state index in [-0.39, 0.29) is 10.6 Å². The minimum Gasteiger partial charge on any atom is -0.478 e. The van der Waals surface area contributed by atoms with E-state index in [2.05, 4.69) is 26.5 Å². The number of hydrogen-bond donors (Lipinski definition) is 2. The Morgan fingerprint density at radius 3 is 2.64 bits per heavy atom. The number of hydrogen-bond acceptors (Lipinski definition) is 3. The van der Waals surface area contributed by atoms with Crippen LogP contribution in [0.5, 0.6) is 0 Å². The minimum absolute atomic E-state index is 0.0285. The summed E-state index contributed by atoms with van der Waals surface area (Å²) in [5.41, 5.74) is 4.37. The summed E-state index contributed by atoms with van der Waals surface area (Å²) in [6.45, 7) is 0. The number of halogens is 2. The van der Waals surface area contributed by atoms with Crippen LogP contribution in [0, 0.1) is 0 Å². The Morgan fingerprint density at radius 1 is 1.23 bits per heavy atom. The molecule has 4 nitrogen and oxygen atoms in total. The molecule has 22 heavy (non-hydrogen) atoms. The predicted molar refractivity (Wildman–Crippen MR) is 93.9 cm³/mol. The summed E-state index contributed by atoms with van der Waals surface area (Å²) >= 11 is 9.20. The maximum absolute atomic E-state index is 11.0. The number of allylic oxidation sites excluding steroid dienone is 1.